The maximum atomic E-state index is 12.8. The van der Waals surface area contributed by atoms with Gasteiger partial charge in [-0.05, 0) is 48.6 Å². The molecule has 0 bridgehead atoms. The van der Waals surface area contributed by atoms with Crippen molar-refractivity contribution in [3.63, 3.8) is 0 Å². The minimum Gasteiger partial charge on any atom is -0.378 e. The van der Waals surface area contributed by atoms with Gasteiger partial charge in [0, 0.05) is 29.9 Å². The third-order valence-electron chi connectivity index (χ3n) is 5.72. The Bertz CT molecular complexity index is 1000. The molecule has 1 unspecified atom stereocenters. The number of Topliss-reactive ketones (excluding diaryl/α,β-unsaturated/α-hetero) is 1. The fourth-order valence-electron chi connectivity index (χ4n) is 4.10. The molecule has 168 valence electrons. The molecule has 3 rings (SSSR count). The van der Waals surface area contributed by atoms with E-state index in [1.165, 1.54) is 0 Å². The summed E-state index contributed by atoms with van der Waals surface area (Å²) in [6, 6.07) is 15.8. The van der Waals surface area contributed by atoms with Gasteiger partial charge in [0.25, 0.3) is 0 Å². The minimum absolute atomic E-state index is 0.00500. The summed E-state index contributed by atoms with van der Waals surface area (Å²) < 4.78 is 5.51. The molecule has 1 amide bonds. The van der Waals surface area contributed by atoms with Gasteiger partial charge in [0.2, 0.25) is 5.91 Å². The quantitative estimate of drug-likeness (QED) is 0.499. The van der Waals surface area contributed by atoms with E-state index in [9.17, 15) is 9.59 Å². The Morgan fingerprint density at radius 2 is 1.91 bits per heavy atom. The number of carbonyl (C=O) groups is 2. The van der Waals surface area contributed by atoms with Crippen LogP contribution in [0, 0.1) is 17.2 Å². The summed E-state index contributed by atoms with van der Waals surface area (Å²) >= 11 is 0. The van der Waals surface area contributed by atoms with E-state index in [1.807, 2.05) is 48.5 Å². The van der Waals surface area contributed by atoms with E-state index < -0.39 is 0 Å². The molecule has 1 heterocycles. The van der Waals surface area contributed by atoms with Crippen molar-refractivity contribution in [2.75, 3.05) is 37.7 Å². The summed E-state index contributed by atoms with van der Waals surface area (Å²) in [5.74, 6) is -0.139. The van der Waals surface area contributed by atoms with Gasteiger partial charge in [-0.2, -0.15) is 5.26 Å². The summed E-state index contributed by atoms with van der Waals surface area (Å²) in [7, 11) is 0. The van der Waals surface area contributed by atoms with Crippen molar-refractivity contribution in [3.8, 4) is 17.2 Å². The lowest BCUT2D eigenvalue weighted by Gasteiger charge is -2.31. The van der Waals surface area contributed by atoms with Crippen LogP contribution in [0.25, 0.3) is 11.1 Å². The van der Waals surface area contributed by atoms with Crippen molar-refractivity contribution in [2.45, 2.75) is 33.1 Å². The number of nitrogens with zero attached hydrogens (tertiary/aromatic N) is 2. The first kappa shape index (κ1) is 23.5. The van der Waals surface area contributed by atoms with Crippen LogP contribution in [0.3, 0.4) is 0 Å². The Labute approximate surface area is 190 Å². The number of amides is 1. The number of ether oxygens (including phenoxy) is 1. The van der Waals surface area contributed by atoms with Crippen LogP contribution in [-0.4, -0.2) is 44.5 Å². The zero-order chi connectivity index (χ0) is 23.1. The fraction of sp³-hybridized carbons (Fsp3) is 0.423. The van der Waals surface area contributed by atoms with E-state index in [-0.39, 0.29) is 24.2 Å². The number of rotatable bonds is 8. The molecule has 0 saturated carbocycles. The van der Waals surface area contributed by atoms with Crippen LogP contribution in [0.4, 0.5) is 5.69 Å². The average Bonchev–Trinajstić information content (AvgIpc) is 2.81. The standard InChI is InChI=1S/C26H31N3O3/c1-18(2)15-24(26(31)28-10-9-27)22-6-4-5-21(16-22)23-17-20(19(3)30)7-8-25(23)29-11-13-32-14-12-29/h4-8,16-18,24H,10-15H2,1-3H3,(H,28,31). The third-order valence-corrected chi connectivity index (χ3v) is 5.72. The van der Waals surface area contributed by atoms with Gasteiger partial charge >= 0.3 is 0 Å². The average molecular weight is 434 g/mol. The molecule has 0 spiro atoms. The maximum Gasteiger partial charge on any atom is 0.228 e. The Balaban J connectivity index is 2.04. The lowest BCUT2D eigenvalue weighted by molar-refractivity contribution is -0.122. The molecule has 2 aromatic rings. The molecule has 2 aromatic carbocycles. The highest BCUT2D eigenvalue weighted by Crippen LogP contribution is 2.35. The molecule has 0 aromatic heterocycles. The van der Waals surface area contributed by atoms with Crippen molar-refractivity contribution in [3.05, 3.63) is 53.6 Å². The number of ketones is 1. The van der Waals surface area contributed by atoms with Gasteiger partial charge in [-0.3, -0.25) is 9.59 Å². The second-order valence-corrected chi connectivity index (χ2v) is 8.57. The van der Waals surface area contributed by atoms with Crippen molar-refractivity contribution in [1.29, 1.82) is 5.26 Å². The van der Waals surface area contributed by atoms with Crippen molar-refractivity contribution >= 4 is 17.4 Å². The molecular weight excluding hydrogens is 402 g/mol. The third kappa shape index (κ3) is 5.74. The number of nitriles is 1. The largest absolute Gasteiger partial charge is 0.378 e. The second kappa shape index (κ2) is 10.9. The van der Waals surface area contributed by atoms with Crippen molar-refractivity contribution in [1.82, 2.24) is 5.32 Å². The zero-order valence-corrected chi connectivity index (χ0v) is 19.1. The molecule has 1 N–H and O–H groups in total. The van der Waals surface area contributed by atoms with E-state index in [2.05, 4.69) is 24.1 Å². The molecule has 1 fully saturated rings. The summed E-state index contributed by atoms with van der Waals surface area (Å²) in [5, 5.41) is 11.6. The highest BCUT2D eigenvalue weighted by Gasteiger charge is 2.23. The molecule has 1 aliphatic rings. The highest BCUT2D eigenvalue weighted by molar-refractivity contribution is 5.97. The topological polar surface area (TPSA) is 82.4 Å². The number of nitrogens with one attached hydrogen (secondary N) is 1. The Hall–Kier alpha value is -3.17. The van der Waals surface area contributed by atoms with Crippen molar-refractivity contribution in [2.24, 2.45) is 5.92 Å². The van der Waals surface area contributed by atoms with Crippen LogP contribution < -0.4 is 10.2 Å². The number of benzene rings is 2. The normalized spacial score (nSPS) is 14.7. The Morgan fingerprint density at radius 3 is 2.56 bits per heavy atom. The molecule has 6 nitrogen and oxygen atoms in total. The predicted octanol–water partition coefficient (Wildman–Crippen LogP) is 4.16. The lowest BCUT2D eigenvalue weighted by atomic mass is 9.87. The van der Waals surface area contributed by atoms with E-state index in [0.29, 0.717) is 31.1 Å². The van der Waals surface area contributed by atoms with Crippen LogP contribution in [-0.2, 0) is 9.53 Å². The van der Waals surface area contributed by atoms with Gasteiger partial charge in [-0.15, -0.1) is 0 Å². The zero-order valence-electron chi connectivity index (χ0n) is 19.1. The van der Waals surface area contributed by atoms with Gasteiger partial charge in [0.05, 0.1) is 25.2 Å². The monoisotopic (exact) mass is 433 g/mol. The molecule has 1 aliphatic heterocycles. The second-order valence-electron chi connectivity index (χ2n) is 8.57. The van der Waals surface area contributed by atoms with Gasteiger partial charge in [0.15, 0.2) is 5.78 Å². The van der Waals surface area contributed by atoms with Gasteiger partial charge in [-0.1, -0.05) is 38.1 Å². The lowest BCUT2D eigenvalue weighted by Crippen LogP contribution is -2.36. The van der Waals surface area contributed by atoms with Gasteiger partial charge in [0.1, 0.15) is 6.54 Å². The van der Waals surface area contributed by atoms with E-state index in [1.54, 1.807) is 6.92 Å². The molecule has 6 heteroatoms. The van der Waals surface area contributed by atoms with Crippen LogP contribution >= 0.6 is 0 Å². The van der Waals surface area contributed by atoms with Crippen LogP contribution in [0.1, 0.15) is 49.0 Å². The smallest absolute Gasteiger partial charge is 0.228 e. The first-order valence-electron chi connectivity index (χ1n) is 11.1. The Morgan fingerprint density at radius 1 is 1.16 bits per heavy atom. The van der Waals surface area contributed by atoms with E-state index in [0.717, 1.165) is 35.5 Å². The van der Waals surface area contributed by atoms with Gasteiger partial charge < -0.3 is 15.0 Å². The van der Waals surface area contributed by atoms with Crippen LogP contribution in [0.5, 0.6) is 0 Å². The van der Waals surface area contributed by atoms with E-state index in [4.69, 9.17) is 10.00 Å². The van der Waals surface area contributed by atoms with Crippen molar-refractivity contribution < 1.29 is 14.3 Å². The summed E-state index contributed by atoms with van der Waals surface area (Å²) in [5.41, 5.74) is 4.57. The highest BCUT2D eigenvalue weighted by atomic mass is 16.5. The van der Waals surface area contributed by atoms with Crippen LogP contribution in [0.2, 0.25) is 0 Å². The fourth-order valence-corrected chi connectivity index (χ4v) is 4.10. The number of hydrogen-bond donors (Lipinski definition) is 1. The van der Waals surface area contributed by atoms with Crippen LogP contribution in [0.15, 0.2) is 42.5 Å². The number of hydrogen-bond acceptors (Lipinski definition) is 5. The number of morpholine rings is 1. The maximum absolute atomic E-state index is 12.8. The molecule has 32 heavy (non-hydrogen) atoms. The summed E-state index contributed by atoms with van der Waals surface area (Å²) in [6.45, 7) is 8.66. The minimum atomic E-state index is -0.342. The van der Waals surface area contributed by atoms with E-state index >= 15 is 0 Å². The first-order chi connectivity index (χ1) is 15.4. The summed E-state index contributed by atoms with van der Waals surface area (Å²) in [6.07, 6.45) is 0.685. The predicted molar refractivity (Wildman–Crippen MR) is 126 cm³/mol. The number of carbonyl (C=O) groups excluding carboxylic acids is 2. The molecule has 0 aliphatic carbocycles. The first-order valence-corrected chi connectivity index (χ1v) is 11.1. The molecule has 1 saturated heterocycles. The summed E-state index contributed by atoms with van der Waals surface area (Å²) in [4.78, 5) is 27.2. The molecule has 0 radical (unpaired) electrons. The molecule has 1 atom stereocenters. The SMILES string of the molecule is CC(=O)c1ccc(N2CCOCC2)c(-c2cccc(C(CC(C)C)C(=O)NCC#N)c2)c1. The number of anilines is 1. The Kier molecular flexibility index (Phi) is 8.02. The van der Waals surface area contributed by atoms with Gasteiger partial charge in [-0.25, -0.2) is 0 Å². The molecular formula is C26H31N3O3.